The number of carbonyl (C=O) groups is 1. The van der Waals surface area contributed by atoms with Crippen LogP contribution in [-0.2, 0) is 4.74 Å². The van der Waals surface area contributed by atoms with Crippen molar-refractivity contribution in [1.29, 1.82) is 0 Å². The van der Waals surface area contributed by atoms with E-state index in [2.05, 4.69) is 10.5 Å². The number of hydrogen-bond donors (Lipinski definition) is 3. The highest BCUT2D eigenvalue weighted by atomic mass is 16.5. The third kappa shape index (κ3) is 7.60. The molecule has 0 aromatic heterocycles. The van der Waals surface area contributed by atoms with Crippen molar-refractivity contribution in [3.63, 3.8) is 0 Å². The first-order chi connectivity index (χ1) is 6.95. The molecule has 1 atom stereocenters. The van der Waals surface area contributed by atoms with Gasteiger partial charge in [-0.2, -0.15) is 0 Å². The number of oxime groups is 1. The summed E-state index contributed by atoms with van der Waals surface area (Å²) < 4.78 is 4.90. The van der Waals surface area contributed by atoms with Crippen molar-refractivity contribution in [3.05, 3.63) is 0 Å². The van der Waals surface area contributed by atoms with Gasteiger partial charge in [0.15, 0.2) is 0 Å². The zero-order valence-electron chi connectivity index (χ0n) is 9.36. The molecule has 4 N–H and O–H groups in total. The third-order valence-electron chi connectivity index (χ3n) is 1.56. The molecule has 0 aromatic carbocycles. The SMILES string of the molecule is CC(C)COC(=O)NC(C)CC(N)=NO. The smallest absolute Gasteiger partial charge is 0.407 e. The lowest BCUT2D eigenvalue weighted by atomic mass is 10.2. The maximum absolute atomic E-state index is 11.2. The van der Waals surface area contributed by atoms with Crippen LogP contribution in [0.2, 0.25) is 0 Å². The molecule has 0 spiro atoms. The summed E-state index contributed by atoms with van der Waals surface area (Å²) in [6.07, 6.45) is -0.199. The predicted molar refractivity (Wildman–Crippen MR) is 56.8 cm³/mol. The van der Waals surface area contributed by atoms with Crippen LogP contribution in [-0.4, -0.2) is 29.8 Å². The molecule has 0 fully saturated rings. The van der Waals surface area contributed by atoms with E-state index in [1.54, 1.807) is 6.92 Å². The summed E-state index contributed by atoms with van der Waals surface area (Å²) in [6.45, 7) is 6.02. The molecule has 0 radical (unpaired) electrons. The van der Waals surface area contributed by atoms with Gasteiger partial charge >= 0.3 is 6.09 Å². The van der Waals surface area contributed by atoms with Crippen LogP contribution in [0.1, 0.15) is 27.2 Å². The molecule has 0 aliphatic rings. The van der Waals surface area contributed by atoms with Crippen molar-refractivity contribution >= 4 is 11.9 Å². The fourth-order valence-electron chi connectivity index (χ4n) is 0.891. The van der Waals surface area contributed by atoms with Gasteiger partial charge in [-0.3, -0.25) is 0 Å². The van der Waals surface area contributed by atoms with Gasteiger partial charge in [-0.1, -0.05) is 19.0 Å². The molecule has 6 heteroatoms. The van der Waals surface area contributed by atoms with E-state index in [4.69, 9.17) is 15.7 Å². The fraction of sp³-hybridized carbons (Fsp3) is 0.778. The van der Waals surface area contributed by atoms with E-state index >= 15 is 0 Å². The first-order valence-electron chi connectivity index (χ1n) is 4.85. The molecule has 0 saturated heterocycles. The van der Waals surface area contributed by atoms with Crippen LogP contribution < -0.4 is 11.1 Å². The maximum atomic E-state index is 11.2. The highest BCUT2D eigenvalue weighted by Crippen LogP contribution is 1.95. The first-order valence-corrected chi connectivity index (χ1v) is 4.85. The minimum atomic E-state index is -0.484. The Balaban J connectivity index is 3.76. The molecule has 0 heterocycles. The second kappa shape index (κ2) is 6.92. The topological polar surface area (TPSA) is 96.9 Å². The van der Waals surface area contributed by atoms with E-state index in [9.17, 15) is 4.79 Å². The average molecular weight is 217 g/mol. The van der Waals surface area contributed by atoms with Gasteiger partial charge in [-0.25, -0.2) is 4.79 Å². The molecule has 0 saturated carbocycles. The van der Waals surface area contributed by atoms with Gasteiger partial charge in [0.25, 0.3) is 0 Å². The zero-order valence-corrected chi connectivity index (χ0v) is 9.36. The maximum Gasteiger partial charge on any atom is 0.407 e. The van der Waals surface area contributed by atoms with E-state index in [1.807, 2.05) is 13.8 Å². The largest absolute Gasteiger partial charge is 0.449 e. The number of hydrogen-bond acceptors (Lipinski definition) is 4. The number of rotatable bonds is 5. The van der Waals surface area contributed by atoms with Crippen molar-refractivity contribution in [3.8, 4) is 0 Å². The van der Waals surface area contributed by atoms with E-state index < -0.39 is 6.09 Å². The Kier molecular flexibility index (Phi) is 6.24. The minimum Gasteiger partial charge on any atom is -0.449 e. The molecule has 15 heavy (non-hydrogen) atoms. The molecule has 1 unspecified atom stereocenters. The van der Waals surface area contributed by atoms with Crippen LogP contribution in [0.15, 0.2) is 5.16 Å². The Morgan fingerprint density at radius 3 is 2.60 bits per heavy atom. The number of nitrogens with zero attached hydrogens (tertiary/aromatic N) is 1. The summed E-state index contributed by atoms with van der Waals surface area (Å²) in [6, 6.07) is -0.222. The number of amidine groups is 1. The van der Waals surface area contributed by atoms with Crippen molar-refractivity contribution in [1.82, 2.24) is 5.32 Å². The van der Waals surface area contributed by atoms with Crippen LogP contribution in [0, 0.1) is 5.92 Å². The molecule has 0 aliphatic carbocycles. The van der Waals surface area contributed by atoms with E-state index in [0.29, 0.717) is 12.5 Å². The number of nitrogens with one attached hydrogen (secondary N) is 1. The fourth-order valence-corrected chi connectivity index (χ4v) is 0.891. The van der Waals surface area contributed by atoms with Crippen LogP contribution in [0.4, 0.5) is 4.79 Å². The van der Waals surface area contributed by atoms with Crippen molar-refractivity contribution in [2.45, 2.75) is 33.2 Å². The minimum absolute atomic E-state index is 0.0756. The quantitative estimate of drug-likeness (QED) is 0.276. The van der Waals surface area contributed by atoms with Crippen LogP contribution in [0.3, 0.4) is 0 Å². The molecule has 0 bridgehead atoms. The van der Waals surface area contributed by atoms with E-state index in [1.165, 1.54) is 0 Å². The Morgan fingerprint density at radius 2 is 2.13 bits per heavy atom. The monoisotopic (exact) mass is 217 g/mol. The first kappa shape index (κ1) is 13.5. The highest BCUT2D eigenvalue weighted by molar-refractivity contribution is 5.80. The lowest BCUT2D eigenvalue weighted by Crippen LogP contribution is -2.36. The summed E-state index contributed by atoms with van der Waals surface area (Å²) in [5.74, 6) is 0.377. The Bertz CT molecular complexity index is 229. The van der Waals surface area contributed by atoms with Crippen molar-refractivity contribution in [2.75, 3.05) is 6.61 Å². The molecular formula is C9H19N3O3. The standard InChI is InChI=1S/C9H19N3O3/c1-6(2)5-15-9(13)11-7(3)4-8(10)12-14/h6-7,14H,4-5H2,1-3H3,(H2,10,12)(H,11,13). The van der Waals surface area contributed by atoms with Gasteiger partial charge in [-0.05, 0) is 12.8 Å². The number of nitrogens with two attached hydrogens (primary N) is 1. The Labute approximate surface area is 89.5 Å². The highest BCUT2D eigenvalue weighted by Gasteiger charge is 2.10. The normalized spacial score (nSPS) is 13.7. The lowest BCUT2D eigenvalue weighted by molar-refractivity contribution is 0.130. The van der Waals surface area contributed by atoms with E-state index in [0.717, 1.165) is 0 Å². The van der Waals surface area contributed by atoms with Gasteiger partial charge < -0.3 is 21.0 Å². The van der Waals surface area contributed by atoms with Gasteiger partial charge in [0.2, 0.25) is 0 Å². The molecule has 1 amide bonds. The van der Waals surface area contributed by atoms with Crippen LogP contribution in [0.25, 0.3) is 0 Å². The summed E-state index contributed by atoms with van der Waals surface area (Å²) in [5, 5.41) is 13.7. The van der Waals surface area contributed by atoms with Gasteiger partial charge in [0.05, 0.1) is 6.61 Å². The summed E-state index contributed by atoms with van der Waals surface area (Å²) in [4.78, 5) is 11.2. The van der Waals surface area contributed by atoms with Crippen molar-refractivity contribution in [2.24, 2.45) is 16.8 Å². The Morgan fingerprint density at radius 1 is 1.53 bits per heavy atom. The molecular weight excluding hydrogens is 198 g/mol. The summed E-state index contributed by atoms with van der Waals surface area (Å²) in [5.41, 5.74) is 5.28. The second-order valence-corrected chi connectivity index (χ2v) is 3.83. The second-order valence-electron chi connectivity index (χ2n) is 3.83. The van der Waals surface area contributed by atoms with E-state index in [-0.39, 0.29) is 18.3 Å². The summed E-state index contributed by atoms with van der Waals surface area (Å²) in [7, 11) is 0. The summed E-state index contributed by atoms with van der Waals surface area (Å²) >= 11 is 0. The number of carbonyl (C=O) groups excluding carboxylic acids is 1. The predicted octanol–water partition coefficient (Wildman–Crippen LogP) is 0.894. The number of ether oxygens (including phenoxy) is 1. The molecule has 88 valence electrons. The van der Waals surface area contributed by atoms with Gasteiger partial charge in [0, 0.05) is 12.5 Å². The van der Waals surface area contributed by atoms with Crippen LogP contribution in [0.5, 0.6) is 0 Å². The van der Waals surface area contributed by atoms with Crippen molar-refractivity contribution < 1.29 is 14.7 Å². The Hall–Kier alpha value is -1.46. The van der Waals surface area contributed by atoms with Gasteiger partial charge in [-0.15, -0.1) is 0 Å². The average Bonchev–Trinajstić information content (AvgIpc) is 2.14. The lowest BCUT2D eigenvalue weighted by Gasteiger charge is -2.13. The molecule has 0 aromatic rings. The van der Waals surface area contributed by atoms with Gasteiger partial charge in [0.1, 0.15) is 5.84 Å². The van der Waals surface area contributed by atoms with Crippen LogP contribution >= 0.6 is 0 Å². The number of amides is 1. The zero-order chi connectivity index (χ0) is 11.8. The third-order valence-corrected chi connectivity index (χ3v) is 1.56. The molecule has 6 nitrogen and oxygen atoms in total. The molecule has 0 rings (SSSR count). The number of alkyl carbamates (subject to hydrolysis) is 1. The molecule has 0 aliphatic heterocycles.